The number of aromatic nitrogens is 4. The fourth-order valence-electron chi connectivity index (χ4n) is 10.8. The number of aromatic amines is 2. The number of H-pyrrole nitrogens is 2. The quantitative estimate of drug-likeness (QED) is 0.0293. The zero-order chi connectivity index (χ0) is 85.0. The van der Waals surface area contributed by atoms with Crippen molar-refractivity contribution in [3.8, 4) is 0 Å². The summed E-state index contributed by atoms with van der Waals surface area (Å²) in [6.07, 6.45) is 2.57. The molecule has 2 heterocycles. The number of hydrogen-bond acceptors (Lipinski definition) is 22. The maximum atomic E-state index is 14.0. The number of amides is 17. The number of aliphatic hydroxyl groups excluding tert-OH is 1. The van der Waals surface area contributed by atoms with Gasteiger partial charge in [0.2, 0.25) is 100 Å². The van der Waals surface area contributed by atoms with Gasteiger partial charge in [0.1, 0.15) is 72.5 Å². The summed E-state index contributed by atoms with van der Waals surface area (Å²) in [5.41, 5.74) is 17.5. The third kappa shape index (κ3) is 36.5. The van der Waals surface area contributed by atoms with E-state index in [1.807, 2.05) is 0 Å². The van der Waals surface area contributed by atoms with Crippen LogP contribution >= 0.6 is 0 Å². The van der Waals surface area contributed by atoms with E-state index in [-0.39, 0.29) is 74.3 Å². The molecule has 112 heavy (non-hydrogen) atoms. The highest BCUT2D eigenvalue weighted by Gasteiger charge is 2.38. The third-order valence-corrected chi connectivity index (χ3v) is 17.1. The number of rotatable bonds is 51. The Morgan fingerprint density at radius 3 is 1.19 bits per heavy atom. The Balaban J connectivity index is 2.12. The highest BCUT2D eigenvalue weighted by Crippen LogP contribution is 2.15. The maximum Gasteiger partial charge on any atom is 0.303 e. The van der Waals surface area contributed by atoms with E-state index in [1.54, 1.807) is 69.2 Å². The van der Waals surface area contributed by atoms with Crippen LogP contribution in [0.25, 0.3) is 0 Å². The van der Waals surface area contributed by atoms with Crippen molar-refractivity contribution in [2.24, 2.45) is 46.8 Å². The van der Waals surface area contributed by atoms with Gasteiger partial charge in [-0.25, -0.2) is 9.97 Å². The van der Waals surface area contributed by atoms with Gasteiger partial charge in [0, 0.05) is 43.0 Å². The Labute approximate surface area is 648 Å². The predicted octanol–water partition coefficient (Wildman–Crippen LogP) is -6.69. The van der Waals surface area contributed by atoms with Gasteiger partial charge >= 0.3 is 5.97 Å². The van der Waals surface area contributed by atoms with Crippen LogP contribution in [-0.2, 0) is 99.1 Å². The molecule has 0 fully saturated rings. The lowest BCUT2D eigenvalue weighted by Crippen LogP contribution is -2.61. The van der Waals surface area contributed by atoms with Gasteiger partial charge in [-0.2, -0.15) is 0 Å². The number of primary amides is 2. The molecule has 0 radical (unpaired) electrons. The predicted molar refractivity (Wildman–Crippen MR) is 401 cm³/mol. The number of aliphatic carboxylic acids is 1. The van der Waals surface area contributed by atoms with Gasteiger partial charge < -0.3 is 117 Å². The van der Waals surface area contributed by atoms with Gasteiger partial charge in [0.05, 0.1) is 50.9 Å². The van der Waals surface area contributed by atoms with E-state index >= 15 is 0 Å². The summed E-state index contributed by atoms with van der Waals surface area (Å²) >= 11 is 0. The lowest BCUT2D eigenvalue weighted by molar-refractivity contribution is -0.138. The monoisotopic (exact) mass is 1580 g/mol. The summed E-state index contributed by atoms with van der Waals surface area (Å²) in [7, 11) is 0. The highest BCUT2D eigenvalue weighted by atomic mass is 16.4. The summed E-state index contributed by atoms with van der Waals surface area (Å²) in [6.45, 7) is 20.2. The number of imidazole rings is 2. The number of carboxylic acids is 1. The molecule has 0 bridgehead atoms. The van der Waals surface area contributed by atoms with E-state index in [9.17, 15) is 91.4 Å². The molecule has 0 aromatic carbocycles. The molecule has 0 aliphatic carbocycles. The molecule has 2 aromatic heterocycles. The van der Waals surface area contributed by atoms with Crippen LogP contribution in [0.2, 0.25) is 0 Å². The SMILES string of the molecule is CC[C@H](C)[C@H](NC(=O)CNC(=O)[C@H](C)NC(=O)[C@H](C)NC(=O)[C@H](Cc1cnc[nH]1)NC(=O)[C@H](CC(N)=O)NC(=O)CNC(=O)[C@H](C)NC(=O)CNC(=O)[C@H](Cc1cnc[nH]1)NC(=O)[C@H](CC(C)C)NC(=O)[C@H](CC(C)C)NC(=O)[C@@H](N)CCC(=O)O)C(=O)N[C@@H](CC(C)C)C(=O)N[C@H](C(=O)N[C@@H](CC(C)C)C(N)=O)[C@@H](C)O. The molecule has 0 unspecified atom stereocenters. The number of hydrogen-bond donors (Lipinski definition) is 22. The molecule has 2 aromatic rings. The summed E-state index contributed by atoms with van der Waals surface area (Å²) in [4.78, 5) is 252. The maximum absolute atomic E-state index is 14.0. The minimum Gasteiger partial charge on any atom is -0.481 e. The first-order valence-electron chi connectivity index (χ1n) is 36.9. The minimum atomic E-state index is -1.79. The molecule has 0 saturated heterocycles. The normalized spacial score (nSPS) is 15.2. The van der Waals surface area contributed by atoms with Crippen LogP contribution in [0.1, 0.15) is 160 Å². The summed E-state index contributed by atoms with van der Waals surface area (Å²) in [6, 6.07) is -17.9. The number of carboxylic acid groups (broad SMARTS) is 1. The largest absolute Gasteiger partial charge is 0.481 e. The van der Waals surface area contributed by atoms with Crippen LogP contribution in [0.15, 0.2) is 25.0 Å². The smallest absolute Gasteiger partial charge is 0.303 e. The summed E-state index contributed by atoms with van der Waals surface area (Å²) in [5, 5.41) is 56.3. The van der Waals surface area contributed by atoms with Crippen LogP contribution in [0.3, 0.4) is 0 Å². The van der Waals surface area contributed by atoms with Crippen molar-refractivity contribution >= 4 is 106 Å². The van der Waals surface area contributed by atoms with E-state index < -0.39 is 229 Å². The van der Waals surface area contributed by atoms with Crippen molar-refractivity contribution in [2.45, 2.75) is 246 Å². The number of carbonyl (C=O) groups is 18. The van der Waals surface area contributed by atoms with Crippen LogP contribution in [0.5, 0.6) is 0 Å². The molecule has 0 saturated carbocycles. The zero-order valence-corrected chi connectivity index (χ0v) is 65.8. The Hall–Kier alpha value is -11.2. The van der Waals surface area contributed by atoms with Crippen molar-refractivity contribution in [2.75, 3.05) is 19.6 Å². The van der Waals surface area contributed by atoms with Crippen molar-refractivity contribution in [1.29, 1.82) is 0 Å². The Morgan fingerprint density at radius 2 is 0.759 bits per heavy atom. The summed E-state index contributed by atoms with van der Waals surface area (Å²) in [5.74, 6) is -17.9. The van der Waals surface area contributed by atoms with E-state index in [4.69, 9.17) is 22.3 Å². The zero-order valence-electron chi connectivity index (χ0n) is 65.8. The first-order valence-corrected chi connectivity index (χ1v) is 36.9. The molecule has 0 spiro atoms. The van der Waals surface area contributed by atoms with Crippen LogP contribution in [0.4, 0.5) is 0 Å². The fourth-order valence-corrected chi connectivity index (χ4v) is 10.8. The lowest BCUT2D eigenvalue weighted by Gasteiger charge is -2.29. The molecule has 0 aliphatic rings. The molecule has 2 rings (SSSR count). The minimum absolute atomic E-state index is 0.0419. The van der Waals surface area contributed by atoms with Crippen LogP contribution in [0, 0.1) is 29.6 Å². The van der Waals surface area contributed by atoms with Gasteiger partial charge in [-0.15, -0.1) is 0 Å². The highest BCUT2D eigenvalue weighted by molar-refractivity contribution is 6.00. The second-order valence-corrected chi connectivity index (χ2v) is 29.2. The van der Waals surface area contributed by atoms with Crippen LogP contribution < -0.4 is 97.0 Å². The summed E-state index contributed by atoms with van der Waals surface area (Å²) < 4.78 is 0. The first kappa shape index (κ1) is 96.9. The number of nitrogens with two attached hydrogens (primary N) is 3. The number of nitrogens with one attached hydrogen (secondary N) is 17. The van der Waals surface area contributed by atoms with Gasteiger partial charge in [-0.3, -0.25) is 86.3 Å². The second kappa shape index (κ2) is 48.4. The van der Waals surface area contributed by atoms with Crippen molar-refractivity contribution < 1.29 is 96.5 Å². The van der Waals surface area contributed by atoms with E-state index in [1.165, 1.54) is 52.7 Å². The molecule has 42 nitrogen and oxygen atoms in total. The Kier molecular flexibility index (Phi) is 41.9. The van der Waals surface area contributed by atoms with E-state index in [0.717, 1.165) is 0 Å². The molecule has 15 atom stereocenters. The standard InChI is InChI=1S/C70H116N22O20/c1-15-36(10)56(69(111)90-47(21-35(8)9)68(110)92-57(40(14)93)70(112)85-44(58(73)100)18-32(2)3)91-54(97)29-77-60(102)38(12)82-61(103)39(13)83-64(106)49(23-42-26-75-31-80-42)89-67(109)50(24-51(72)94)84-53(96)28-76-59(101)37(11)81-52(95)27-78-63(105)48(22-41-25-74-30-79-41)88-66(108)46(20-34(6)7)87-65(107)45(19-33(4)5)86-62(104)43(71)16-17-55(98)99/h25-26,30-40,43-50,56-57,93H,15-24,27-29,71H2,1-14H3,(H2,72,94)(H2,73,100)(H,74,79)(H,75,80)(H,76,101)(H,77,102)(H,78,105)(H,81,95)(H,82,103)(H,83,106)(H,84,96)(H,85,112)(H,86,104)(H,87,107)(H,88,108)(H,89,109)(H,90,111)(H,91,97)(H,92,110)(H,98,99)/t36-,37-,38-,39-,40+,43-,44-,45-,46-,47-,48-,49-,50-,56-,57-/m0/s1. The average molecular weight is 1590 g/mol. The van der Waals surface area contributed by atoms with E-state index in [2.05, 4.69) is 99.7 Å². The van der Waals surface area contributed by atoms with Crippen molar-refractivity contribution in [1.82, 2.24) is 99.7 Å². The fraction of sp³-hybridized carbons (Fsp3) is 0.657. The number of aliphatic hydroxyl groups is 1. The first-order chi connectivity index (χ1) is 52.3. The topological polar surface area (TPSA) is 664 Å². The van der Waals surface area contributed by atoms with Gasteiger partial charge in [-0.05, 0) is 89.4 Å². The lowest BCUT2D eigenvalue weighted by atomic mass is 9.96. The van der Waals surface area contributed by atoms with Gasteiger partial charge in [0.15, 0.2) is 0 Å². The molecular weight excluding hydrogens is 1470 g/mol. The molecular formula is C70H116N22O20. The van der Waals surface area contributed by atoms with Crippen LogP contribution in [-0.4, -0.2) is 241 Å². The number of nitrogens with zero attached hydrogens (tertiary/aromatic N) is 2. The van der Waals surface area contributed by atoms with E-state index in [0.29, 0.717) is 12.1 Å². The molecule has 42 heteroatoms. The molecule has 0 aliphatic heterocycles. The van der Waals surface area contributed by atoms with Crippen molar-refractivity contribution in [3.05, 3.63) is 36.4 Å². The third-order valence-electron chi connectivity index (χ3n) is 17.1. The molecule has 17 amide bonds. The Morgan fingerprint density at radius 1 is 0.402 bits per heavy atom. The average Bonchev–Trinajstić information content (AvgIpc) is 0.963. The Bertz CT molecular complexity index is 3540. The second-order valence-electron chi connectivity index (χ2n) is 29.2. The number of carbonyl (C=O) groups excluding carboxylic acids is 17. The van der Waals surface area contributed by atoms with Gasteiger partial charge in [0.25, 0.3) is 0 Å². The molecule has 25 N–H and O–H groups in total. The van der Waals surface area contributed by atoms with Gasteiger partial charge in [-0.1, -0.05) is 75.7 Å². The van der Waals surface area contributed by atoms with Crippen molar-refractivity contribution in [3.63, 3.8) is 0 Å². The molecule has 626 valence electrons.